The molecule has 4 heterocycles. The van der Waals surface area contributed by atoms with E-state index in [0.29, 0.717) is 13.1 Å². The van der Waals surface area contributed by atoms with Gasteiger partial charge in [0.25, 0.3) is 0 Å². The monoisotopic (exact) mass is 320 g/mol. The minimum absolute atomic E-state index is 0.0306. The van der Waals surface area contributed by atoms with Gasteiger partial charge >= 0.3 is 0 Å². The van der Waals surface area contributed by atoms with Crippen LogP contribution in [0.2, 0.25) is 0 Å². The standard InChI is InChI=1S/C14H16N4O3S/c19-13(15-5-9-2-1-3-20-9)11-4-10-6-18(7-12(11)21-10)14-17-16-8-22-14/h1-3,8,10-12H,4-7H2,(H,15,19). The summed E-state index contributed by atoms with van der Waals surface area (Å²) in [6.07, 6.45) is 2.36. The first-order valence-electron chi connectivity index (χ1n) is 7.26. The van der Waals surface area contributed by atoms with E-state index in [1.54, 1.807) is 11.8 Å². The molecule has 0 saturated carbocycles. The highest BCUT2D eigenvalue weighted by Gasteiger charge is 2.45. The van der Waals surface area contributed by atoms with Gasteiger partial charge in [0.15, 0.2) is 0 Å². The molecule has 2 aromatic heterocycles. The zero-order valence-corrected chi connectivity index (χ0v) is 12.7. The molecule has 4 rings (SSSR count). The summed E-state index contributed by atoms with van der Waals surface area (Å²) in [4.78, 5) is 14.6. The number of rotatable bonds is 4. The lowest BCUT2D eigenvalue weighted by molar-refractivity contribution is -0.127. The molecule has 0 radical (unpaired) electrons. The lowest BCUT2D eigenvalue weighted by Crippen LogP contribution is -2.45. The van der Waals surface area contributed by atoms with Crippen LogP contribution in [-0.4, -0.2) is 41.4 Å². The molecule has 8 heteroatoms. The number of nitrogens with zero attached hydrogens (tertiary/aromatic N) is 3. The maximum Gasteiger partial charge on any atom is 0.226 e. The van der Waals surface area contributed by atoms with E-state index < -0.39 is 0 Å². The molecule has 1 amide bonds. The van der Waals surface area contributed by atoms with E-state index >= 15 is 0 Å². The quantitative estimate of drug-likeness (QED) is 0.907. The van der Waals surface area contributed by atoms with Crippen LogP contribution in [0.25, 0.3) is 0 Å². The molecule has 2 bridgehead atoms. The fourth-order valence-corrected chi connectivity index (χ4v) is 3.69. The molecule has 116 valence electrons. The smallest absolute Gasteiger partial charge is 0.226 e. The summed E-state index contributed by atoms with van der Waals surface area (Å²) in [5.74, 6) is 0.673. The number of ether oxygens (including phenoxy) is 1. The van der Waals surface area contributed by atoms with Crippen LogP contribution in [0.15, 0.2) is 28.3 Å². The van der Waals surface area contributed by atoms with Crippen LogP contribution < -0.4 is 10.2 Å². The molecule has 0 aromatic carbocycles. The lowest BCUT2D eigenvalue weighted by Gasteiger charge is -2.32. The van der Waals surface area contributed by atoms with Crippen molar-refractivity contribution in [3.05, 3.63) is 29.7 Å². The molecular formula is C14H16N4O3S. The van der Waals surface area contributed by atoms with Crippen molar-refractivity contribution in [1.29, 1.82) is 0 Å². The number of nitrogens with one attached hydrogen (secondary N) is 1. The first kappa shape index (κ1) is 13.7. The summed E-state index contributed by atoms with van der Waals surface area (Å²) in [6, 6.07) is 3.66. The Balaban J connectivity index is 1.39. The van der Waals surface area contributed by atoms with Crippen molar-refractivity contribution in [2.45, 2.75) is 25.2 Å². The molecule has 2 aliphatic heterocycles. The first-order chi connectivity index (χ1) is 10.8. The van der Waals surface area contributed by atoms with Crippen molar-refractivity contribution in [2.24, 2.45) is 5.92 Å². The Bertz CT molecular complexity index is 631. The van der Waals surface area contributed by atoms with Crippen LogP contribution in [0.1, 0.15) is 12.2 Å². The number of morpholine rings is 1. The van der Waals surface area contributed by atoms with Crippen LogP contribution in [0, 0.1) is 5.92 Å². The minimum atomic E-state index is -0.113. The van der Waals surface area contributed by atoms with E-state index in [4.69, 9.17) is 9.15 Å². The molecule has 3 atom stereocenters. The average molecular weight is 320 g/mol. The predicted octanol–water partition coefficient (Wildman–Crippen LogP) is 1.04. The van der Waals surface area contributed by atoms with Crippen LogP contribution in [0.3, 0.4) is 0 Å². The third kappa shape index (κ3) is 2.59. The predicted molar refractivity (Wildman–Crippen MR) is 79.4 cm³/mol. The summed E-state index contributed by atoms with van der Waals surface area (Å²) in [5, 5.41) is 11.8. The van der Waals surface area contributed by atoms with Crippen molar-refractivity contribution in [3.63, 3.8) is 0 Å². The Morgan fingerprint density at radius 1 is 1.50 bits per heavy atom. The maximum atomic E-state index is 12.4. The Morgan fingerprint density at radius 2 is 2.45 bits per heavy atom. The van der Waals surface area contributed by atoms with Crippen molar-refractivity contribution in [1.82, 2.24) is 15.5 Å². The average Bonchev–Trinajstić information content (AvgIpc) is 3.26. The summed E-state index contributed by atoms with van der Waals surface area (Å²) in [5.41, 5.74) is 1.72. The number of anilines is 1. The molecule has 1 N–H and O–H groups in total. The number of aromatic nitrogens is 2. The van der Waals surface area contributed by atoms with Crippen LogP contribution in [0.5, 0.6) is 0 Å². The molecule has 0 spiro atoms. The summed E-state index contributed by atoms with van der Waals surface area (Å²) in [7, 11) is 0. The number of carbonyl (C=O) groups is 1. The van der Waals surface area contributed by atoms with Crippen LogP contribution in [0.4, 0.5) is 5.13 Å². The zero-order chi connectivity index (χ0) is 14.9. The Labute approximate surface area is 131 Å². The number of carbonyl (C=O) groups excluding carboxylic acids is 1. The van der Waals surface area contributed by atoms with E-state index in [1.165, 1.54) is 11.3 Å². The van der Waals surface area contributed by atoms with Crippen LogP contribution in [-0.2, 0) is 16.1 Å². The largest absolute Gasteiger partial charge is 0.467 e. The van der Waals surface area contributed by atoms with Gasteiger partial charge in [-0.2, -0.15) is 0 Å². The van der Waals surface area contributed by atoms with Gasteiger partial charge in [-0.1, -0.05) is 11.3 Å². The highest BCUT2D eigenvalue weighted by molar-refractivity contribution is 7.13. The normalized spacial score (nSPS) is 27.1. The molecular weight excluding hydrogens is 304 g/mol. The molecule has 7 nitrogen and oxygen atoms in total. The van der Waals surface area contributed by atoms with Gasteiger partial charge in [0.2, 0.25) is 11.0 Å². The molecule has 2 aromatic rings. The number of furan rings is 1. The third-order valence-corrected chi connectivity index (χ3v) is 4.88. The third-order valence-electron chi connectivity index (χ3n) is 4.13. The van der Waals surface area contributed by atoms with E-state index in [2.05, 4.69) is 20.4 Å². The number of fused-ring (bicyclic) bond motifs is 2. The fraction of sp³-hybridized carbons (Fsp3) is 0.500. The van der Waals surface area contributed by atoms with E-state index in [-0.39, 0.29) is 24.0 Å². The second-order valence-electron chi connectivity index (χ2n) is 5.56. The van der Waals surface area contributed by atoms with Crippen LogP contribution >= 0.6 is 11.3 Å². The van der Waals surface area contributed by atoms with Gasteiger partial charge in [-0.3, -0.25) is 4.79 Å². The van der Waals surface area contributed by atoms with Gasteiger partial charge in [-0.05, 0) is 18.6 Å². The zero-order valence-electron chi connectivity index (χ0n) is 11.8. The maximum absolute atomic E-state index is 12.4. The molecule has 3 unspecified atom stereocenters. The second kappa shape index (κ2) is 5.69. The topological polar surface area (TPSA) is 80.5 Å². The van der Waals surface area contributed by atoms with Gasteiger partial charge in [-0.25, -0.2) is 0 Å². The highest BCUT2D eigenvalue weighted by Crippen LogP contribution is 2.34. The van der Waals surface area contributed by atoms with Crippen molar-refractivity contribution >= 4 is 22.4 Å². The van der Waals surface area contributed by atoms with Crippen molar-refractivity contribution < 1.29 is 13.9 Å². The first-order valence-corrected chi connectivity index (χ1v) is 8.14. The van der Waals surface area contributed by atoms with Gasteiger partial charge in [0.1, 0.15) is 11.3 Å². The van der Waals surface area contributed by atoms with Gasteiger partial charge in [0, 0.05) is 13.1 Å². The molecule has 2 saturated heterocycles. The van der Waals surface area contributed by atoms with E-state index in [0.717, 1.165) is 23.9 Å². The number of amides is 1. The Hall–Kier alpha value is -1.93. The summed E-state index contributed by atoms with van der Waals surface area (Å²) in [6.45, 7) is 1.87. The Morgan fingerprint density at radius 3 is 3.23 bits per heavy atom. The highest BCUT2D eigenvalue weighted by atomic mass is 32.1. The Kier molecular flexibility index (Phi) is 3.55. The molecule has 22 heavy (non-hydrogen) atoms. The van der Waals surface area contributed by atoms with Gasteiger partial charge in [-0.15, -0.1) is 10.2 Å². The minimum Gasteiger partial charge on any atom is -0.467 e. The van der Waals surface area contributed by atoms with Crippen molar-refractivity contribution in [2.75, 3.05) is 18.0 Å². The molecule has 2 fully saturated rings. The van der Waals surface area contributed by atoms with E-state index in [9.17, 15) is 4.79 Å². The van der Waals surface area contributed by atoms with Gasteiger partial charge < -0.3 is 19.4 Å². The second-order valence-corrected chi connectivity index (χ2v) is 6.37. The number of hydrogen-bond donors (Lipinski definition) is 1. The summed E-state index contributed by atoms with van der Waals surface area (Å²) < 4.78 is 11.2. The summed E-state index contributed by atoms with van der Waals surface area (Å²) >= 11 is 1.51. The lowest BCUT2D eigenvalue weighted by atomic mass is 9.99. The van der Waals surface area contributed by atoms with E-state index in [1.807, 2.05) is 12.1 Å². The molecule has 2 aliphatic rings. The molecule has 0 aliphatic carbocycles. The number of hydrogen-bond acceptors (Lipinski definition) is 7. The fourth-order valence-electron chi connectivity index (χ4n) is 3.11. The van der Waals surface area contributed by atoms with Gasteiger partial charge in [0.05, 0.1) is 30.9 Å². The SMILES string of the molecule is O=C(NCc1ccco1)C1CC2CN(c3nncs3)CC1O2. The van der Waals surface area contributed by atoms with Crippen molar-refractivity contribution in [3.8, 4) is 0 Å².